The summed E-state index contributed by atoms with van der Waals surface area (Å²) in [4.78, 5) is 24.5. The molecule has 0 saturated heterocycles. The van der Waals surface area contributed by atoms with Crippen molar-refractivity contribution in [2.75, 3.05) is 11.9 Å². The SMILES string of the molecule is CN1C(=O)Cc2cc(C(N)CC(C)(C)CC(N)=O)ccc21. The van der Waals surface area contributed by atoms with Crippen molar-refractivity contribution in [1.82, 2.24) is 0 Å². The lowest BCUT2D eigenvalue weighted by molar-refractivity contribution is -0.120. The lowest BCUT2D eigenvalue weighted by atomic mass is 9.80. The predicted octanol–water partition coefficient (Wildman–Crippen LogP) is 1.50. The number of amides is 2. The fraction of sp³-hybridized carbons (Fsp3) is 0.500. The van der Waals surface area contributed by atoms with Gasteiger partial charge in [-0.25, -0.2) is 0 Å². The average molecular weight is 289 g/mol. The molecule has 0 radical (unpaired) electrons. The van der Waals surface area contributed by atoms with Crippen molar-refractivity contribution in [2.45, 2.75) is 39.2 Å². The molecule has 21 heavy (non-hydrogen) atoms. The van der Waals surface area contributed by atoms with Crippen LogP contribution < -0.4 is 16.4 Å². The van der Waals surface area contributed by atoms with Crippen LogP contribution in [0.5, 0.6) is 0 Å². The molecule has 114 valence electrons. The highest BCUT2D eigenvalue weighted by molar-refractivity contribution is 6.00. The molecule has 1 aliphatic heterocycles. The van der Waals surface area contributed by atoms with Crippen LogP contribution in [0.25, 0.3) is 0 Å². The van der Waals surface area contributed by atoms with E-state index in [9.17, 15) is 9.59 Å². The Morgan fingerprint density at radius 2 is 2.10 bits per heavy atom. The van der Waals surface area contributed by atoms with E-state index in [1.807, 2.05) is 32.0 Å². The van der Waals surface area contributed by atoms with Crippen LogP contribution >= 0.6 is 0 Å². The second-order valence-electron chi connectivity index (χ2n) is 6.64. The normalized spacial score (nSPS) is 16.0. The summed E-state index contributed by atoms with van der Waals surface area (Å²) in [6.45, 7) is 3.98. The van der Waals surface area contributed by atoms with Crippen LogP contribution in [0, 0.1) is 5.41 Å². The Morgan fingerprint density at radius 1 is 1.43 bits per heavy atom. The number of carbonyl (C=O) groups is 2. The molecule has 5 heteroatoms. The highest BCUT2D eigenvalue weighted by atomic mass is 16.2. The molecule has 2 rings (SSSR count). The van der Waals surface area contributed by atoms with Gasteiger partial charge < -0.3 is 16.4 Å². The maximum Gasteiger partial charge on any atom is 0.231 e. The molecule has 1 aromatic carbocycles. The topological polar surface area (TPSA) is 89.4 Å². The zero-order chi connectivity index (χ0) is 15.8. The minimum atomic E-state index is -0.312. The molecular formula is C16H23N3O2. The Hall–Kier alpha value is -1.88. The van der Waals surface area contributed by atoms with E-state index >= 15 is 0 Å². The molecule has 2 amide bonds. The number of nitrogens with zero attached hydrogens (tertiary/aromatic N) is 1. The quantitative estimate of drug-likeness (QED) is 0.860. The first-order valence-corrected chi connectivity index (χ1v) is 7.13. The number of fused-ring (bicyclic) bond motifs is 1. The van der Waals surface area contributed by atoms with Gasteiger partial charge in [0, 0.05) is 25.2 Å². The van der Waals surface area contributed by atoms with Crippen LogP contribution in [0.3, 0.4) is 0 Å². The number of hydrogen-bond donors (Lipinski definition) is 2. The Kier molecular flexibility index (Phi) is 4.05. The van der Waals surface area contributed by atoms with Crippen LogP contribution in [0.4, 0.5) is 5.69 Å². The number of hydrogen-bond acceptors (Lipinski definition) is 3. The Bertz CT molecular complexity index is 581. The van der Waals surface area contributed by atoms with Crippen LogP contribution in [0.2, 0.25) is 0 Å². The summed E-state index contributed by atoms with van der Waals surface area (Å²) in [5.74, 6) is -0.210. The van der Waals surface area contributed by atoms with Crippen molar-refractivity contribution >= 4 is 17.5 Å². The molecule has 0 aliphatic carbocycles. The maximum absolute atomic E-state index is 11.7. The fourth-order valence-corrected chi connectivity index (χ4v) is 2.98. The third kappa shape index (κ3) is 3.42. The monoisotopic (exact) mass is 289 g/mol. The van der Waals surface area contributed by atoms with Gasteiger partial charge in [0.1, 0.15) is 0 Å². The van der Waals surface area contributed by atoms with Crippen molar-refractivity contribution in [3.05, 3.63) is 29.3 Å². The number of anilines is 1. The van der Waals surface area contributed by atoms with Gasteiger partial charge in [-0.1, -0.05) is 26.0 Å². The van der Waals surface area contributed by atoms with Gasteiger partial charge in [-0.05, 0) is 29.0 Å². The van der Waals surface area contributed by atoms with Crippen LogP contribution in [0.15, 0.2) is 18.2 Å². The van der Waals surface area contributed by atoms with Crippen molar-refractivity contribution in [1.29, 1.82) is 0 Å². The Morgan fingerprint density at radius 3 is 2.71 bits per heavy atom. The van der Waals surface area contributed by atoms with Gasteiger partial charge in [0.25, 0.3) is 0 Å². The number of rotatable bonds is 5. The molecule has 1 atom stereocenters. The number of likely N-dealkylation sites (N-methyl/N-ethyl adjacent to an activating group) is 1. The fourth-order valence-electron chi connectivity index (χ4n) is 2.98. The van der Waals surface area contributed by atoms with Gasteiger partial charge in [-0.2, -0.15) is 0 Å². The number of primary amides is 1. The molecule has 0 spiro atoms. The second-order valence-corrected chi connectivity index (χ2v) is 6.64. The van der Waals surface area contributed by atoms with Crippen LogP contribution in [-0.4, -0.2) is 18.9 Å². The number of nitrogens with two attached hydrogens (primary N) is 2. The number of carbonyl (C=O) groups excluding carboxylic acids is 2. The lowest BCUT2D eigenvalue weighted by Crippen LogP contribution is -2.27. The summed E-state index contributed by atoms with van der Waals surface area (Å²) in [6, 6.07) is 5.72. The second kappa shape index (κ2) is 5.48. The van der Waals surface area contributed by atoms with Gasteiger partial charge in [-0.15, -0.1) is 0 Å². The summed E-state index contributed by atoms with van der Waals surface area (Å²) in [6.07, 6.45) is 1.41. The van der Waals surface area contributed by atoms with Crippen molar-refractivity contribution < 1.29 is 9.59 Å². The number of benzene rings is 1. The summed E-state index contributed by atoms with van der Waals surface area (Å²) in [5.41, 5.74) is 14.3. The molecule has 1 heterocycles. The van der Waals surface area contributed by atoms with Crippen LogP contribution in [-0.2, 0) is 16.0 Å². The van der Waals surface area contributed by atoms with E-state index in [-0.39, 0.29) is 23.3 Å². The first-order valence-electron chi connectivity index (χ1n) is 7.13. The van der Waals surface area contributed by atoms with Gasteiger partial charge in [-0.3, -0.25) is 9.59 Å². The van der Waals surface area contributed by atoms with Crippen molar-refractivity contribution in [3.8, 4) is 0 Å². The lowest BCUT2D eigenvalue weighted by Gasteiger charge is -2.27. The first kappa shape index (κ1) is 15.5. The molecule has 1 unspecified atom stereocenters. The van der Waals surface area contributed by atoms with E-state index in [0.717, 1.165) is 16.8 Å². The van der Waals surface area contributed by atoms with Crippen molar-refractivity contribution in [2.24, 2.45) is 16.9 Å². The highest BCUT2D eigenvalue weighted by Crippen LogP contribution is 2.34. The third-order valence-corrected chi connectivity index (χ3v) is 4.03. The highest BCUT2D eigenvalue weighted by Gasteiger charge is 2.27. The minimum Gasteiger partial charge on any atom is -0.370 e. The van der Waals surface area contributed by atoms with E-state index in [4.69, 9.17) is 11.5 Å². The van der Waals surface area contributed by atoms with E-state index in [2.05, 4.69) is 0 Å². The summed E-state index contributed by atoms with van der Waals surface area (Å²) in [5, 5.41) is 0. The molecule has 0 fully saturated rings. The Balaban J connectivity index is 2.14. The molecule has 1 aliphatic rings. The molecule has 0 bridgehead atoms. The summed E-state index contributed by atoms with van der Waals surface area (Å²) >= 11 is 0. The van der Waals surface area contributed by atoms with Crippen molar-refractivity contribution in [3.63, 3.8) is 0 Å². The largest absolute Gasteiger partial charge is 0.370 e. The van der Waals surface area contributed by atoms with Gasteiger partial charge in [0.05, 0.1) is 6.42 Å². The zero-order valence-corrected chi connectivity index (χ0v) is 12.8. The Labute approximate surface area is 125 Å². The first-order chi connectivity index (χ1) is 9.69. The van der Waals surface area contributed by atoms with Gasteiger partial charge >= 0.3 is 0 Å². The molecule has 0 aromatic heterocycles. The third-order valence-electron chi connectivity index (χ3n) is 4.03. The van der Waals surface area contributed by atoms with E-state index < -0.39 is 0 Å². The molecule has 1 aromatic rings. The molecule has 5 nitrogen and oxygen atoms in total. The molecular weight excluding hydrogens is 266 g/mol. The molecule has 4 N–H and O–H groups in total. The smallest absolute Gasteiger partial charge is 0.231 e. The maximum atomic E-state index is 11.7. The van der Waals surface area contributed by atoms with E-state index in [1.54, 1.807) is 11.9 Å². The van der Waals surface area contributed by atoms with E-state index in [0.29, 0.717) is 19.3 Å². The standard InChI is InChI=1S/C16H23N3O2/c1-16(2,9-14(18)20)8-12(17)10-4-5-13-11(6-10)7-15(21)19(13)3/h4-6,12H,7-9,17H2,1-3H3,(H2,18,20). The van der Waals surface area contributed by atoms with Gasteiger partial charge in [0.15, 0.2) is 0 Å². The van der Waals surface area contributed by atoms with Crippen LogP contribution in [0.1, 0.15) is 43.9 Å². The predicted molar refractivity (Wildman–Crippen MR) is 82.7 cm³/mol. The van der Waals surface area contributed by atoms with E-state index in [1.165, 1.54) is 0 Å². The summed E-state index contributed by atoms with van der Waals surface area (Å²) in [7, 11) is 1.78. The summed E-state index contributed by atoms with van der Waals surface area (Å²) < 4.78 is 0. The van der Waals surface area contributed by atoms with Gasteiger partial charge in [0.2, 0.25) is 11.8 Å². The average Bonchev–Trinajstić information content (AvgIpc) is 2.62. The zero-order valence-electron chi connectivity index (χ0n) is 12.8. The minimum absolute atomic E-state index is 0.102. The molecule has 0 saturated carbocycles.